The van der Waals surface area contributed by atoms with E-state index in [1.807, 2.05) is 6.08 Å². The Labute approximate surface area is 40.5 Å². The Hall–Kier alpha value is -0.150. The monoisotopic (exact) mass is 102 g/mol. The summed E-state index contributed by atoms with van der Waals surface area (Å²) >= 11 is 1.26. The standard InChI is InChI=1S/C3H4NOS/c5-4-2-1-3-6-4/h1-2H,3H2. The van der Waals surface area contributed by atoms with Crippen LogP contribution in [0.1, 0.15) is 0 Å². The first-order valence-corrected chi connectivity index (χ1v) is 2.60. The summed E-state index contributed by atoms with van der Waals surface area (Å²) in [6.07, 6.45) is 3.35. The van der Waals surface area contributed by atoms with Crippen LogP contribution in [0.2, 0.25) is 0 Å². The summed E-state index contributed by atoms with van der Waals surface area (Å²) in [7, 11) is 0. The maximum absolute atomic E-state index is 10.0. The Morgan fingerprint density at radius 2 is 2.67 bits per heavy atom. The Morgan fingerprint density at radius 3 is 2.83 bits per heavy atom. The quantitative estimate of drug-likeness (QED) is 0.422. The number of hydrogen-bond donors (Lipinski definition) is 0. The highest BCUT2D eigenvalue weighted by Crippen LogP contribution is 2.13. The SMILES string of the molecule is [O]N1C=CCS1. The van der Waals surface area contributed by atoms with Crippen LogP contribution in [0.15, 0.2) is 12.3 Å². The van der Waals surface area contributed by atoms with Crippen molar-refractivity contribution in [2.24, 2.45) is 0 Å². The van der Waals surface area contributed by atoms with Gasteiger partial charge in [-0.3, -0.25) is 0 Å². The molecule has 2 nitrogen and oxygen atoms in total. The lowest BCUT2D eigenvalue weighted by atomic mass is 10.7. The van der Waals surface area contributed by atoms with E-state index in [-0.39, 0.29) is 0 Å². The van der Waals surface area contributed by atoms with Gasteiger partial charge in [0, 0.05) is 12.0 Å². The van der Waals surface area contributed by atoms with Gasteiger partial charge in [-0.1, -0.05) is 11.3 Å². The topological polar surface area (TPSA) is 23.1 Å². The summed E-state index contributed by atoms with van der Waals surface area (Å²) in [5.41, 5.74) is 0. The van der Waals surface area contributed by atoms with Gasteiger partial charge in [0.15, 0.2) is 0 Å². The summed E-state index contributed by atoms with van der Waals surface area (Å²) in [6.45, 7) is 0. The van der Waals surface area contributed by atoms with Gasteiger partial charge in [-0.2, -0.15) is 4.47 Å². The molecule has 0 aromatic heterocycles. The maximum Gasteiger partial charge on any atom is 0.0405 e. The highest BCUT2D eigenvalue weighted by atomic mass is 32.2. The molecule has 0 amide bonds. The zero-order valence-electron chi connectivity index (χ0n) is 3.13. The van der Waals surface area contributed by atoms with Gasteiger partial charge in [0.05, 0.1) is 0 Å². The predicted octanol–water partition coefficient (Wildman–Crippen LogP) is 0.809. The highest BCUT2D eigenvalue weighted by Gasteiger charge is 1.98. The van der Waals surface area contributed by atoms with Gasteiger partial charge in [0.25, 0.3) is 0 Å². The lowest BCUT2D eigenvalue weighted by Crippen LogP contribution is -1.89. The first kappa shape index (κ1) is 4.02. The van der Waals surface area contributed by atoms with Crippen molar-refractivity contribution in [3.05, 3.63) is 12.3 Å². The molecule has 0 saturated heterocycles. The average Bonchev–Trinajstić information content (AvgIpc) is 1.86. The molecule has 0 fully saturated rings. The molecule has 0 saturated carbocycles. The van der Waals surface area contributed by atoms with Crippen molar-refractivity contribution < 1.29 is 5.21 Å². The predicted molar refractivity (Wildman–Crippen MR) is 24.1 cm³/mol. The molecule has 1 radical (unpaired) electrons. The molecule has 0 N–H and O–H groups in total. The minimum atomic E-state index is 0.837. The molecular weight excluding hydrogens is 98.1 g/mol. The third kappa shape index (κ3) is 0.666. The fourth-order valence-corrected chi connectivity index (χ4v) is 0.780. The Kier molecular flexibility index (Phi) is 1.03. The van der Waals surface area contributed by atoms with Crippen molar-refractivity contribution in [1.29, 1.82) is 0 Å². The fourth-order valence-electron chi connectivity index (χ4n) is 0.289. The van der Waals surface area contributed by atoms with Crippen LogP contribution in [0.4, 0.5) is 0 Å². The van der Waals surface area contributed by atoms with Gasteiger partial charge in [-0.15, -0.1) is 0 Å². The third-order valence-corrected chi connectivity index (χ3v) is 1.24. The molecular formula is C3H4NOS. The van der Waals surface area contributed by atoms with Crippen molar-refractivity contribution in [3.63, 3.8) is 0 Å². The molecule has 6 heavy (non-hydrogen) atoms. The van der Waals surface area contributed by atoms with Crippen LogP contribution in [-0.2, 0) is 5.21 Å². The summed E-state index contributed by atoms with van der Waals surface area (Å²) in [5, 5.41) is 10.0. The second kappa shape index (κ2) is 1.53. The van der Waals surface area contributed by atoms with Crippen LogP contribution in [-0.4, -0.2) is 10.2 Å². The van der Waals surface area contributed by atoms with Gasteiger partial charge in [-0.05, 0) is 11.9 Å². The summed E-state index contributed by atoms with van der Waals surface area (Å²) in [4.78, 5) is 0. The van der Waals surface area contributed by atoms with Crippen LogP contribution in [0, 0.1) is 0 Å². The first-order valence-electron chi connectivity index (χ1n) is 1.65. The zero-order valence-corrected chi connectivity index (χ0v) is 3.94. The first-order chi connectivity index (χ1) is 2.89. The molecule has 1 aliphatic heterocycles. The molecule has 1 rings (SSSR count). The van der Waals surface area contributed by atoms with Crippen molar-refractivity contribution >= 4 is 11.9 Å². The van der Waals surface area contributed by atoms with Crippen LogP contribution >= 0.6 is 11.9 Å². The highest BCUT2D eigenvalue weighted by molar-refractivity contribution is 7.97. The third-order valence-electron chi connectivity index (χ3n) is 0.525. The molecule has 3 heteroatoms. The molecule has 0 aromatic carbocycles. The lowest BCUT2D eigenvalue weighted by Gasteiger charge is -1.93. The van der Waals surface area contributed by atoms with E-state index >= 15 is 0 Å². The van der Waals surface area contributed by atoms with E-state index < -0.39 is 0 Å². The molecule has 0 unspecified atom stereocenters. The van der Waals surface area contributed by atoms with Crippen molar-refractivity contribution in [3.8, 4) is 0 Å². The molecule has 0 aliphatic carbocycles. The van der Waals surface area contributed by atoms with Gasteiger partial charge in [-0.25, -0.2) is 0 Å². The molecule has 33 valence electrons. The summed E-state index contributed by atoms with van der Waals surface area (Å²) in [6, 6.07) is 0. The second-order valence-electron chi connectivity index (χ2n) is 0.966. The Balaban J connectivity index is 2.38. The van der Waals surface area contributed by atoms with E-state index in [0.29, 0.717) is 0 Å². The van der Waals surface area contributed by atoms with Gasteiger partial charge < -0.3 is 0 Å². The Morgan fingerprint density at radius 1 is 1.83 bits per heavy atom. The van der Waals surface area contributed by atoms with Crippen LogP contribution in [0.5, 0.6) is 0 Å². The van der Waals surface area contributed by atoms with Gasteiger partial charge >= 0.3 is 0 Å². The van der Waals surface area contributed by atoms with Crippen LogP contribution < -0.4 is 0 Å². The molecule has 1 aliphatic rings. The molecule has 0 atom stereocenters. The minimum absolute atomic E-state index is 0.837. The largest absolute Gasteiger partial charge is 0.169 e. The van der Waals surface area contributed by atoms with Crippen molar-refractivity contribution in [1.82, 2.24) is 4.47 Å². The van der Waals surface area contributed by atoms with Crippen molar-refractivity contribution in [2.45, 2.75) is 0 Å². The lowest BCUT2D eigenvalue weighted by molar-refractivity contribution is -0.0148. The molecule has 0 bridgehead atoms. The van der Waals surface area contributed by atoms with Crippen LogP contribution in [0.3, 0.4) is 0 Å². The van der Waals surface area contributed by atoms with Crippen LogP contribution in [0.25, 0.3) is 0 Å². The Bertz CT molecular complexity index is 73.2. The van der Waals surface area contributed by atoms with Gasteiger partial charge in [0.2, 0.25) is 0 Å². The number of hydrogen-bond acceptors (Lipinski definition) is 2. The minimum Gasteiger partial charge on any atom is -0.169 e. The maximum atomic E-state index is 10.0. The smallest absolute Gasteiger partial charge is 0.0405 e. The van der Waals surface area contributed by atoms with E-state index in [9.17, 15) is 5.21 Å². The normalized spacial score (nSPS) is 19.8. The van der Waals surface area contributed by atoms with E-state index in [1.165, 1.54) is 18.1 Å². The van der Waals surface area contributed by atoms with E-state index in [2.05, 4.69) is 0 Å². The van der Waals surface area contributed by atoms with E-state index in [0.717, 1.165) is 10.2 Å². The number of nitrogens with zero attached hydrogens (tertiary/aromatic N) is 1. The summed E-state index contributed by atoms with van der Waals surface area (Å²) in [5.74, 6) is 0.837. The fraction of sp³-hybridized carbons (Fsp3) is 0.333. The summed E-state index contributed by atoms with van der Waals surface area (Å²) < 4.78 is 0.847. The van der Waals surface area contributed by atoms with E-state index in [1.54, 1.807) is 0 Å². The number of hydroxylamine groups is 1. The zero-order chi connectivity index (χ0) is 4.41. The average molecular weight is 102 g/mol. The molecule has 1 heterocycles. The van der Waals surface area contributed by atoms with Gasteiger partial charge in [0.1, 0.15) is 0 Å². The molecule has 0 spiro atoms. The van der Waals surface area contributed by atoms with E-state index in [4.69, 9.17) is 0 Å². The number of rotatable bonds is 0. The second-order valence-corrected chi connectivity index (χ2v) is 1.92. The molecule has 0 aromatic rings. The van der Waals surface area contributed by atoms with Crippen molar-refractivity contribution in [2.75, 3.05) is 5.75 Å².